The summed E-state index contributed by atoms with van der Waals surface area (Å²) in [6, 6.07) is 32.0. The third-order valence-electron chi connectivity index (χ3n) is 11.2. The minimum atomic E-state index is -4.76. The van der Waals surface area contributed by atoms with Crippen LogP contribution in [0.4, 0.5) is 0 Å². The van der Waals surface area contributed by atoms with Crippen molar-refractivity contribution in [3.63, 3.8) is 0 Å². The van der Waals surface area contributed by atoms with Gasteiger partial charge in [0.15, 0.2) is 0 Å². The van der Waals surface area contributed by atoms with Crippen molar-refractivity contribution >= 4 is 35.1 Å². The zero-order valence-electron chi connectivity index (χ0n) is 29.9. The summed E-state index contributed by atoms with van der Waals surface area (Å²) in [4.78, 5) is 0. The van der Waals surface area contributed by atoms with E-state index in [1.54, 1.807) is 0 Å². The van der Waals surface area contributed by atoms with Crippen LogP contribution in [0.25, 0.3) is 34.4 Å². The topological polar surface area (TPSA) is 0 Å². The van der Waals surface area contributed by atoms with Crippen LogP contribution < -0.4 is 0 Å². The van der Waals surface area contributed by atoms with Crippen molar-refractivity contribution in [1.29, 1.82) is 0 Å². The fourth-order valence-corrected chi connectivity index (χ4v) is 40.7. The molecule has 0 saturated heterocycles. The predicted molar refractivity (Wildman–Crippen MR) is 209 cm³/mol. The molecular formula is C43H51Cl2SiZr. The average Bonchev–Trinajstić information content (AvgIpc) is 3.58. The second kappa shape index (κ2) is 12.1. The number of hydrogen-bond acceptors (Lipinski definition) is 0. The van der Waals surface area contributed by atoms with E-state index in [0.29, 0.717) is 0 Å². The molecule has 2 aliphatic carbocycles. The van der Waals surface area contributed by atoms with E-state index >= 15 is 0 Å². The molecule has 4 heteroatoms. The normalized spacial score (nSPS) is 18.8. The molecule has 2 atom stereocenters. The van der Waals surface area contributed by atoms with Gasteiger partial charge in [0.1, 0.15) is 0 Å². The standard InChI is InChI=1S/C21H23.C20H21.C2H7Si.2ClH.Zr/c1-5-15-13-17-7-6-8-19(20(17)14-15)16-9-11-18(12-10-16)21(2,3)4;1-14-12-16-6-5-7-18(19(16)13-14)15-8-10-17(11-9-15)20(2,3)4;1-3-2;;;/h6-14H,5H2,1-4H3;5-13H,1-4H3;3H,1-2H3;2*1H;/q;;;;;+2/p-2. The molecule has 0 fully saturated rings. The maximum atomic E-state index is 8.56. The fraction of sp³-hybridized carbons (Fsp3) is 0.349. The Bertz CT molecular complexity index is 1900. The van der Waals surface area contributed by atoms with Crippen molar-refractivity contribution in [3.8, 4) is 22.3 Å². The Morgan fingerprint density at radius 3 is 1.45 bits per heavy atom. The van der Waals surface area contributed by atoms with E-state index < -0.39 is 21.5 Å². The first-order chi connectivity index (χ1) is 22.0. The van der Waals surface area contributed by atoms with Crippen molar-refractivity contribution < 1.29 is 15.6 Å². The minimum absolute atomic E-state index is 0.0934. The molecule has 0 bridgehead atoms. The first-order valence-corrected chi connectivity index (χ1v) is 33.7. The van der Waals surface area contributed by atoms with Gasteiger partial charge in [0.05, 0.1) is 0 Å². The first kappa shape index (κ1) is 34.9. The number of benzene rings is 4. The van der Waals surface area contributed by atoms with Crippen molar-refractivity contribution in [2.24, 2.45) is 0 Å². The Kier molecular flexibility index (Phi) is 9.00. The third-order valence-corrected chi connectivity index (χ3v) is 63.2. The maximum absolute atomic E-state index is 8.56. The average molecular weight is 758 g/mol. The van der Waals surface area contributed by atoms with E-state index in [-0.39, 0.29) is 18.1 Å². The Morgan fingerprint density at radius 1 is 0.617 bits per heavy atom. The number of hydrogen-bond donors (Lipinski definition) is 0. The van der Waals surface area contributed by atoms with Gasteiger partial charge in [0.25, 0.3) is 0 Å². The molecule has 0 nitrogen and oxygen atoms in total. The molecule has 0 saturated carbocycles. The van der Waals surface area contributed by atoms with E-state index in [0.717, 1.165) is 6.42 Å². The van der Waals surface area contributed by atoms with Crippen LogP contribution in [0.2, 0.25) is 13.1 Å². The van der Waals surface area contributed by atoms with Crippen LogP contribution in [-0.2, 0) is 26.4 Å². The summed E-state index contributed by atoms with van der Waals surface area (Å²) in [5, 5.41) is 0. The molecule has 0 radical (unpaired) electrons. The van der Waals surface area contributed by atoms with Crippen LogP contribution in [0.3, 0.4) is 0 Å². The van der Waals surface area contributed by atoms with E-state index in [1.807, 2.05) is 0 Å². The molecule has 245 valence electrons. The van der Waals surface area contributed by atoms with Gasteiger partial charge in [-0.25, -0.2) is 0 Å². The Morgan fingerprint density at radius 2 is 1.04 bits per heavy atom. The zero-order chi connectivity index (χ0) is 34.1. The molecule has 47 heavy (non-hydrogen) atoms. The SMILES string of the molecule is CCC1=Cc2c(-c3ccc(C(C)(C)C)cc3)cccc2[CH]1[Zr]([Cl])([Cl])([CH]1C(C)=Cc2c(-c3ccc(C(C)(C)C)cc3)cccc21)[SiH](C)C. The monoisotopic (exact) mass is 755 g/mol. The Labute approximate surface area is 293 Å². The van der Waals surface area contributed by atoms with Crippen LogP contribution in [0, 0.1) is 0 Å². The predicted octanol–water partition coefficient (Wildman–Crippen LogP) is 13.6. The molecule has 0 spiro atoms. The van der Waals surface area contributed by atoms with Gasteiger partial charge >= 0.3 is 295 Å². The molecule has 0 heterocycles. The van der Waals surface area contributed by atoms with Gasteiger partial charge in [0.2, 0.25) is 0 Å². The summed E-state index contributed by atoms with van der Waals surface area (Å²) in [6.45, 7) is 23.1. The van der Waals surface area contributed by atoms with Crippen LogP contribution in [0.5, 0.6) is 0 Å². The fourth-order valence-electron chi connectivity index (χ4n) is 8.34. The molecule has 6 rings (SSSR count). The molecule has 0 N–H and O–H groups in total. The van der Waals surface area contributed by atoms with Gasteiger partial charge in [0, 0.05) is 0 Å². The first-order valence-electron chi connectivity index (χ1n) is 17.4. The molecule has 0 amide bonds. The summed E-state index contributed by atoms with van der Waals surface area (Å²) in [7, 11) is 17.1. The summed E-state index contributed by atoms with van der Waals surface area (Å²) in [6.07, 6.45) is 5.83. The van der Waals surface area contributed by atoms with Crippen molar-refractivity contribution in [1.82, 2.24) is 0 Å². The van der Waals surface area contributed by atoms with Gasteiger partial charge in [-0.1, -0.05) is 0 Å². The summed E-state index contributed by atoms with van der Waals surface area (Å²) >= 11 is -4.76. The Balaban J connectivity index is 1.49. The third kappa shape index (κ3) is 5.78. The van der Waals surface area contributed by atoms with Crippen molar-refractivity contribution in [2.75, 3.05) is 0 Å². The van der Waals surface area contributed by atoms with Crippen molar-refractivity contribution in [2.45, 2.75) is 93.0 Å². The van der Waals surface area contributed by atoms with E-state index in [9.17, 15) is 0 Å². The van der Waals surface area contributed by atoms with Gasteiger partial charge in [-0.15, -0.1) is 0 Å². The van der Waals surface area contributed by atoms with E-state index in [2.05, 4.69) is 166 Å². The van der Waals surface area contributed by atoms with Crippen LogP contribution in [0.15, 0.2) is 96.1 Å². The van der Waals surface area contributed by atoms with Crippen molar-refractivity contribution in [3.05, 3.63) is 129 Å². The second-order valence-electron chi connectivity index (χ2n) is 16.5. The van der Waals surface area contributed by atoms with Crippen LogP contribution in [0.1, 0.15) is 102 Å². The second-order valence-corrected chi connectivity index (χ2v) is 59.0. The number of fused-ring (bicyclic) bond motifs is 2. The van der Waals surface area contributed by atoms with E-state index in [4.69, 9.17) is 17.0 Å². The summed E-state index contributed by atoms with van der Waals surface area (Å²) in [5.74, 6) is -1.60. The van der Waals surface area contributed by atoms with Crippen LogP contribution >= 0.6 is 17.0 Å². The molecule has 4 aromatic carbocycles. The van der Waals surface area contributed by atoms with Gasteiger partial charge in [-0.05, 0) is 0 Å². The molecule has 2 aliphatic rings. The van der Waals surface area contributed by atoms with Gasteiger partial charge < -0.3 is 0 Å². The number of halogens is 2. The molecule has 4 aromatic rings. The Hall–Kier alpha value is -1.96. The zero-order valence-corrected chi connectivity index (χ0v) is 35.1. The number of rotatable bonds is 6. The van der Waals surface area contributed by atoms with Crippen LogP contribution in [-0.4, -0.2) is 5.92 Å². The van der Waals surface area contributed by atoms with E-state index in [1.165, 1.54) is 66.8 Å². The molecule has 0 aromatic heterocycles. The molecular weight excluding hydrogens is 707 g/mol. The quantitative estimate of drug-likeness (QED) is 0.172. The summed E-state index contributed by atoms with van der Waals surface area (Å²) in [5.41, 5.74) is 16.1. The van der Waals surface area contributed by atoms with Gasteiger partial charge in [-0.2, -0.15) is 0 Å². The molecule has 2 unspecified atom stereocenters. The van der Waals surface area contributed by atoms with Gasteiger partial charge in [-0.3, -0.25) is 0 Å². The molecule has 0 aliphatic heterocycles. The summed E-state index contributed by atoms with van der Waals surface area (Å²) < 4.78 is 0.199. The number of allylic oxidation sites excluding steroid dienone is 2.